The average molecular weight is 326 g/mol. The lowest BCUT2D eigenvalue weighted by Crippen LogP contribution is -2.33. The number of rotatable bonds is 5. The van der Waals surface area contributed by atoms with Crippen molar-refractivity contribution in [3.63, 3.8) is 0 Å². The summed E-state index contributed by atoms with van der Waals surface area (Å²) in [7, 11) is 1.67. The number of carbonyl (C=O) groups excluding carboxylic acids is 1. The SMILES string of the molecule is CCN(CCc1ccc(C(F)(F)F)cc1)C(=O)c1ncn(C)n1. The topological polar surface area (TPSA) is 51.0 Å². The van der Waals surface area contributed by atoms with Gasteiger partial charge in [0.15, 0.2) is 0 Å². The summed E-state index contributed by atoms with van der Waals surface area (Å²) in [5, 5.41) is 3.96. The van der Waals surface area contributed by atoms with Gasteiger partial charge in [0, 0.05) is 20.1 Å². The first-order valence-electron chi connectivity index (χ1n) is 7.12. The van der Waals surface area contributed by atoms with E-state index in [9.17, 15) is 18.0 Å². The Kier molecular flexibility index (Phi) is 5.02. The molecule has 0 saturated carbocycles. The van der Waals surface area contributed by atoms with Crippen LogP contribution in [0, 0.1) is 0 Å². The Balaban J connectivity index is 1.99. The van der Waals surface area contributed by atoms with Crippen LogP contribution in [0.15, 0.2) is 30.6 Å². The van der Waals surface area contributed by atoms with Crippen molar-refractivity contribution in [1.29, 1.82) is 0 Å². The number of hydrogen-bond acceptors (Lipinski definition) is 3. The molecule has 0 radical (unpaired) electrons. The Bertz CT molecular complexity index is 664. The zero-order valence-corrected chi connectivity index (χ0v) is 12.8. The highest BCUT2D eigenvalue weighted by molar-refractivity contribution is 5.90. The lowest BCUT2D eigenvalue weighted by molar-refractivity contribution is -0.137. The molecular weight excluding hydrogens is 309 g/mol. The number of nitrogens with zero attached hydrogens (tertiary/aromatic N) is 4. The number of halogens is 3. The smallest absolute Gasteiger partial charge is 0.336 e. The van der Waals surface area contributed by atoms with Gasteiger partial charge in [0.1, 0.15) is 6.33 Å². The highest BCUT2D eigenvalue weighted by Crippen LogP contribution is 2.29. The van der Waals surface area contributed by atoms with Crippen LogP contribution in [0.3, 0.4) is 0 Å². The van der Waals surface area contributed by atoms with Crippen molar-refractivity contribution in [3.8, 4) is 0 Å². The number of benzene rings is 1. The van der Waals surface area contributed by atoms with Gasteiger partial charge in [-0.2, -0.15) is 13.2 Å². The van der Waals surface area contributed by atoms with E-state index in [2.05, 4.69) is 10.1 Å². The van der Waals surface area contributed by atoms with Crippen molar-refractivity contribution in [2.45, 2.75) is 19.5 Å². The molecule has 0 bridgehead atoms. The molecule has 23 heavy (non-hydrogen) atoms. The van der Waals surface area contributed by atoms with Gasteiger partial charge in [-0.15, -0.1) is 5.10 Å². The predicted molar refractivity (Wildman–Crippen MR) is 77.7 cm³/mol. The molecule has 124 valence electrons. The van der Waals surface area contributed by atoms with Gasteiger partial charge >= 0.3 is 6.18 Å². The van der Waals surface area contributed by atoms with Crippen molar-refractivity contribution in [3.05, 3.63) is 47.5 Å². The molecule has 1 aromatic heterocycles. The van der Waals surface area contributed by atoms with E-state index in [0.29, 0.717) is 19.5 Å². The molecule has 2 aromatic rings. The van der Waals surface area contributed by atoms with E-state index in [4.69, 9.17) is 0 Å². The second-order valence-electron chi connectivity index (χ2n) is 5.07. The van der Waals surface area contributed by atoms with Crippen LogP contribution in [-0.4, -0.2) is 38.7 Å². The fraction of sp³-hybridized carbons (Fsp3) is 0.400. The Labute approximate surface area is 131 Å². The molecule has 0 aliphatic heterocycles. The predicted octanol–water partition coefficient (Wildman–Crippen LogP) is 2.54. The number of amides is 1. The summed E-state index contributed by atoms with van der Waals surface area (Å²) in [6.07, 6.45) is -2.43. The second-order valence-corrected chi connectivity index (χ2v) is 5.07. The molecular formula is C15H17F3N4O. The van der Waals surface area contributed by atoms with Gasteiger partial charge in [0.2, 0.25) is 5.82 Å². The third-order valence-electron chi connectivity index (χ3n) is 3.41. The van der Waals surface area contributed by atoms with Gasteiger partial charge in [-0.25, -0.2) is 4.98 Å². The van der Waals surface area contributed by atoms with E-state index in [0.717, 1.165) is 17.7 Å². The number of aromatic nitrogens is 3. The Hall–Kier alpha value is -2.38. The minimum Gasteiger partial charge on any atom is -0.336 e. The zero-order chi connectivity index (χ0) is 17.0. The van der Waals surface area contributed by atoms with Crippen molar-refractivity contribution >= 4 is 5.91 Å². The zero-order valence-electron chi connectivity index (χ0n) is 12.8. The van der Waals surface area contributed by atoms with Crippen LogP contribution in [0.5, 0.6) is 0 Å². The Morgan fingerprint density at radius 1 is 1.26 bits per heavy atom. The van der Waals surface area contributed by atoms with Gasteiger partial charge in [-0.05, 0) is 31.0 Å². The highest BCUT2D eigenvalue weighted by Gasteiger charge is 2.29. The van der Waals surface area contributed by atoms with Crippen molar-refractivity contribution in [2.24, 2.45) is 7.05 Å². The molecule has 8 heteroatoms. The summed E-state index contributed by atoms with van der Waals surface area (Å²) in [6, 6.07) is 4.96. The summed E-state index contributed by atoms with van der Waals surface area (Å²) >= 11 is 0. The van der Waals surface area contributed by atoms with E-state index in [-0.39, 0.29) is 11.7 Å². The first-order valence-corrected chi connectivity index (χ1v) is 7.12. The molecule has 1 aromatic carbocycles. The average Bonchev–Trinajstić information content (AvgIpc) is 2.94. The van der Waals surface area contributed by atoms with Crippen LogP contribution in [0.2, 0.25) is 0 Å². The minimum atomic E-state index is -4.34. The normalized spacial score (nSPS) is 11.5. The molecule has 1 heterocycles. The lowest BCUT2D eigenvalue weighted by atomic mass is 10.1. The summed E-state index contributed by atoms with van der Waals surface area (Å²) in [5.74, 6) is -0.179. The molecule has 0 saturated heterocycles. The Morgan fingerprint density at radius 2 is 1.91 bits per heavy atom. The monoisotopic (exact) mass is 326 g/mol. The molecule has 0 unspecified atom stereocenters. The highest BCUT2D eigenvalue weighted by atomic mass is 19.4. The van der Waals surface area contributed by atoms with Crippen LogP contribution in [0.4, 0.5) is 13.2 Å². The van der Waals surface area contributed by atoms with Crippen molar-refractivity contribution in [2.75, 3.05) is 13.1 Å². The van der Waals surface area contributed by atoms with Crippen LogP contribution >= 0.6 is 0 Å². The van der Waals surface area contributed by atoms with Gasteiger partial charge in [0.05, 0.1) is 5.56 Å². The molecule has 0 aliphatic carbocycles. The molecule has 0 aliphatic rings. The number of carbonyl (C=O) groups is 1. The fourth-order valence-electron chi connectivity index (χ4n) is 2.11. The summed E-state index contributed by atoms with van der Waals surface area (Å²) in [4.78, 5) is 17.7. The summed E-state index contributed by atoms with van der Waals surface area (Å²) in [5.41, 5.74) is 0.0561. The summed E-state index contributed by atoms with van der Waals surface area (Å²) in [6.45, 7) is 2.68. The fourth-order valence-corrected chi connectivity index (χ4v) is 2.11. The number of hydrogen-bond donors (Lipinski definition) is 0. The third-order valence-corrected chi connectivity index (χ3v) is 3.41. The van der Waals surface area contributed by atoms with Crippen LogP contribution < -0.4 is 0 Å². The van der Waals surface area contributed by atoms with E-state index in [1.807, 2.05) is 6.92 Å². The van der Waals surface area contributed by atoms with Crippen LogP contribution in [0.25, 0.3) is 0 Å². The molecule has 0 spiro atoms. The quantitative estimate of drug-likeness (QED) is 0.848. The Morgan fingerprint density at radius 3 is 2.39 bits per heavy atom. The van der Waals surface area contributed by atoms with Crippen molar-refractivity contribution < 1.29 is 18.0 Å². The maximum absolute atomic E-state index is 12.5. The van der Waals surface area contributed by atoms with Crippen LogP contribution in [-0.2, 0) is 19.6 Å². The van der Waals surface area contributed by atoms with Gasteiger partial charge in [-0.1, -0.05) is 12.1 Å². The van der Waals surface area contributed by atoms with Crippen molar-refractivity contribution in [1.82, 2.24) is 19.7 Å². The molecule has 0 atom stereocenters. The standard InChI is InChI=1S/C15H17F3N4O/c1-3-22(14(23)13-19-10-21(2)20-13)9-8-11-4-6-12(7-5-11)15(16,17)18/h4-7,10H,3,8-9H2,1-2H3. The number of likely N-dealkylation sites (N-methyl/N-ethyl adjacent to an activating group) is 1. The number of alkyl halides is 3. The van der Waals surface area contributed by atoms with E-state index < -0.39 is 11.7 Å². The maximum atomic E-state index is 12.5. The van der Waals surface area contributed by atoms with Crippen LogP contribution in [0.1, 0.15) is 28.7 Å². The van der Waals surface area contributed by atoms with Gasteiger partial charge in [0.25, 0.3) is 5.91 Å². The lowest BCUT2D eigenvalue weighted by Gasteiger charge is -2.19. The van der Waals surface area contributed by atoms with E-state index >= 15 is 0 Å². The third kappa shape index (κ3) is 4.30. The minimum absolute atomic E-state index is 0.113. The second kappa shape index (κ2) is 6.80. The summed E-state index contributed by atoms with van der Waals surface area (Å²) < 4.78 is 39.0. The van der Waals surface area contributed by atoms with E-state index in [1.165, 1.54) is 23.1 Å². The maximum Gasteiger partial charge on any atom is 0.416 e. The largest absolute Gasteiger partial charge is 0.416 e. The molecule has 2 rings (SSSR count). The first kappa shape index (κ1) is 17.0. The van der Waals surface area contributed by atoms with Gasteiger partial charge < -0.3 is 4.90 Å². The number of aryl methyl sites for hydroxylation is 1. The van der Waals surface area contributed by atoms with E-state index in [1.54, 1.807) is 11.9 Å². The molecule has 0 fully saturated rings. The molecule has 1 amide bonds. The molecule has 5 nitrogen and oxygen atoms in total. The van der Waals surface area contributed by atoms with Gasteiger partial charge in [-0.3, -0.25) is 9.48 Å². The molecule has 0 N–H and O–H groups in total. The first-order chi connectivity index (χ1) is 10.8.